The summed E-state index contributed by atoms with van der Waals surface area (Å²) in [5.41, 5.74) is 1.96. The van der Waals surface area contributed by atoms with Crippen LogP contribution in [0.5, 0.6) is 0 Å². The van der Waals surface area contributed by atoms with Crippen molar-refractivity contribution in [1.82, 2.24) is 15.6 Å². The maximum Gasteiger partial charge on any atom is 0.319 e. The number of benzene rings is 1. The minimum Gasteiger partial charge on any atom is -0.334 e. The summed E-state index contributed by atoms with van der Waals surface area (Å²) in [5.74, 6) is 0. The molecule has 5 heteroatoms. The molecule has 0 fully saturated rings. The van der Waals surface area contributed by atoms with Gasteiger partial charge in [0.05, 0.1) is 0 Å². The van der Waals surface area contributed by atoms with E-state index in [2.05, 4.69) is 31.5 Å². The van der Waals surface area contributed by atoms with Gasteiger partial charge >= 0.3 is 6.03 Å². The monoisotopic (exact) mass is 331 g/mol. The zero-order valence-corrected chi connectivity index (χ0v) is 12.3. The third-order valence-corrected chi connectivity index (χ3v) is 3.01. The zero-order valence-electron chi connectivity index (χ0n) is 10.7. The van der Waals surface area contributed by atoms with E-state index in [1.54, 1.807) is 18.6 Å². The van der Waals surface area contributed by atoms with E-state index in [9.17, 15) is 4.79 Å². The second-order valence-electron chi connectivity index (χ2n) is 4.08. The average molecular weight is 332 g/mol. The molecule has 2 rings (SSSR count). The van der Waals surface area contributed by atoms with E-state index in [1.807, 2.05) is 42.5 Å². The molecule has 0 aliphatic heterocycles. The highest BCUT2D eigenvalue weighted by atomic mass is 79.9. The van der Waals surface area contributed by atoms with Gasteiger partial charge in [-0.25, -0.2) is 4.79 Å². The third kappa shape index (κ3) is 4.85. The number of amides is 2. The number of carbonyl (C=O) groups excluding carboxylic acids is 1. The fourth-order valence-corrected chi connectivity index (χ4v) is 1.98. The Morgan fingerprint density at radius 2 is 2.20 bits per heavy atom. The van der Waals surface area contributed by atoms with E-state index < -0.39 is 0 Å². The standard InChI is InChI=1S/C15H14BrN3O/c16-14-5-1-3-12(9-14)6-8-18-15(20)19-11-13-4-2-7-17-10-13/h1-10H,11H2,(H2,18,19,20)/b8-6+. The topological polar surface area (TPSA) is 54.0 Å². The molecule has 0 aliphatic carbocycles. The van der Waals surface area contributed by atoms with Gasteiger partial charge in [-0.2, -0.15) is 0 Å². The maximum atomic E-state index is 11.6. The van der Waals surface area contributed by atoms with Crippen LogP contribution in [0.4, 0.5) is 4.79 Å². The average Bonchev–Trinajstić information content (AvgIpc) is 2.46. The van der Waals surface area contributed by atoms with E-state index >= 15 is 0 Å². The van der Waals surface area contributed by atoms with Crippen molar-refractivity contribution in [2.75, 3.05) is 0 Å². The van der Waals surface area contributed by atoms with Gasteiger partial charge in [0.15, 0.2) is 0 Å². The summed E-state index contributed by atoms with van der Waals surface area (Å²) in [5, 5.41) is 5.40. The van der Waals surface area contributed by atoms with Crippen molar-refractivity contribution in [3.8, 4) is 0 Å². The van der Waals surface area contributed by atoms with Gasteiger partial charge in [0.25, 0.3) is 0 Å². The van der Waals surface area contributed by atoms with Crippen LogP contribution in [0.1, 0.15) is 11.1 Å². The van der Waals surface area contributed by atoms with Gasteiger partial charge in [-0.1, -0.05) is 34.1 Å². The smallest absolute Gasteiger partial charge is 0.319 e. The Bertz CT molecular complexity index is 599. The van der Waals surface area contributed by atoms with Crippen LogP contribution in [0.2, 0.25) is 0 Å². The number of halogens is 1. The number of nitrogens with zero attached hydrogens (tertiary/aromatic N) is 1. The predicted molar refractivity (Wildman–Crippen MR) is 82.8 cm³/mol. The molecule has 1 aromatic heterocycles. The van der Waals surface area contributed by atoms with Crippen molar-refractivity contribution >= 4 is 28.0 Å². The Labute approximate surface area is 126 Å². The summed E-state index contributed by atoms with van der Waals surface area (Å²) >= 11 is 3.39. The van der Waals surface area contributed by atoms with Crippen molar-refractivity contribution in [2.24, 2.45) is 0 Å². The molecule has 4 nitrogen and oxygen atoms in total. The Kier molecular flexibility index (Phi) is 5.32. The fourth-order valence-electron chi connectivity index (χ4n) is 1.56. The lowest BCUT2D eigenvalue weighted by atomic mass is 10.2. The molecular formula is C15H14BrN3O. The van der Waals surface area contributed by atoms with Crippen LogP contribution in [-0.2, 0) is 6.54 Å². The first kappa shape index (κ1) is 14.3. The Hall–Kier alpha value is -2.14. The number of aromatic nitrogens is 1. The molecule has 0 saturated carbocycles. The largest absolute Gasteiger partial charge is 0.334 e. The van der Waals surface area contributed by atoms with Gasteiger partial charge in [0.2, 0.25) is 0 Å². The van der Waals surface area contributed by atoms with Gasteiger partial charge in [-0.15, -0.1) is 0 Å². The Morgan fingerprint density at radius 3 is 2.95 bits per heavy atom. The summed E-state index contributed by atoms with van der Waals surface area (Å²) in [6, 6.07) is 11.3. The molecule has 1 heterocycles. The number of pyridine rings is 1. The molecule has 1 aromatic carbocycles. The lowest BCUT2D eigenvalue weighted by molar-refractivity contribution is 0.244. The highest BCUT2D eigenvalue weighted by molar-refractivity contribution is 9.10. The van der Waals surface area contributed by atoms with E-state index in [0.29, 0.717) is 6.54 Å². The van der Waals surface area contributed by atoms with E-state index in [-0.39, 0.29) is 6.03 Å². The van der Waals surface area contributed by atoms with Gasteiger partial charge in [0.1, 0.15) is 0 Å². The molecular weight excluding hydrogens is 318 g/mol. The third-order valence-electron chi connectivity index (χ3n) is 2.51. The first-order valence-electron chi connectivity index (χ1n) is 6.09. The van der Waals surface area contributed by atoms with Crippen molar-refractivity contribution < 1.29 is 4.79 Å². The van der Waals surface area contributed by atoms with Gasteiger partial charge in [0, 0.05) is 29.6 Å². The molecule has 2 amide bonds. The molecule has 0 spiro atoms. The van der Waals surface area contributed by atoms with Crippen LogP contribution >= 0.6 is 15.9 Å². The molecule has 0 saturated heterocycles. The quantitative estimate of drug-likeness (QED) is 0.902. The van der Waals surface area contributed by atoms with Crippen molar-refractivity contribution in [2.45, 2.75) is 6.54 Å². The lowest BCUT2D eigenvalue weighted by Gasteiger charge is -2.04. The highest BCUT2D eigenvalue weighted by Crippen LogP contribution is 2.12. The van der Waals surface area contributed by atoms with Crippen molar-refractivity contribution in [3.63, 3.8) is 0 Å². The molecule has 0 atom stereocenters. The minimum atomic E-state index is -0.250. The van der Waals surface area contributed by atoms with Gasteiger partial charge in [-0.05, 0) is 35.4 Å². The number of urea groups is 1. The number of hydrogen-bond donors (Lipinski definition) is 2. The minimum absolute atomic E-state index is 0.250. The first-order chi connectivity index (χ1) is 9.74. The first-order valence-corrected chi connectivity index (χ1v) is 6.89. The maximum absolute atomic E-state index is 11.6. The molecule has 0 aliphatic rings. The van der Waals surface area contributed by atoms with Crippen LogP contribution in [-0.4, -0.2) is 11.0 Å². The second kappa shape index (κ2) is 7.45. The van der Waals surface area contributed by atoms with Crippen LogP contribution in [0, 0.1) is 0 Å². The second-order valence-corrected chi connectivity index (χ2v) is 4.99. The summed E-state index contributed by atoms with van der Waals surface area (Å²) in [7, 11) is 0. The van der Waals surface area contributed by atoms with Gasteiger partial charge < -0.3 is 10.6 Å². The SMILES string of the molecule is O=C(N/C=C/c1cccc(Br)c1)NCc1cccnc1. The van der Waals surface area contributed by atoms with Crippen LogP contribution in [0.15, 0.2) is 59.5 Å². The molecule has 102 valence electrons. The summed E-state index contributed by atoms with van der Waals surface area (Å²) in [6.45, 7) is 0.449. The molecule has 2 N–H and O–H groups in total. The summed E-state index contributed by atoms with van der Waals surface area (Å²) in [4.78, 5) is 15.6. The summed E-state index contributed by atoms with van der Waals surface area (Å²) < 4.78 is 1.00. The van der Waals surface area contributed by atoms with E-state index in [4.69, 9.17) is 0 Å². The fraction of sp³-hybridized carbons (Fsp3) is 0.0667. The zero-order chi connectivity index (χ0) is 14.2. The number of carbonyl (C=O) groups is 1. The normalized spacial score (nSPS) is 10.4. The van der Waals surface area contributed by atoms with Crippen LogP contribution in [0.25, 0.3) is 6.08 Å². The lowest BCUT2D eigenvalue weighted by Crippen LogP contribution is -2.31. The summed E-state index contributed by atoms with van der Waals surface area (Å²) in [6.07, 6.45) is 6.86. The molecule has 0 radical (unpaired) electrons. The molecule has 20 heavy (non-hydrogen) atoms. The highest BCUT2D eigenvalue weighted by Gasteiger charge is 1.97. The molecule has 0 bridgehead atoms. The van der Waals surface area contributed by atoms with Crippen molar-refractivity contribution in [1.29, 1.82) is 0 Å². The molecule has 2 aromatic rings. The Morgan fingerprint density at radius 1 is 1.30 bits per heavy atom. The predicted octanol–water partition coefficient (Wildman–Crippen LogP) is 3.31. The van der Waals surface area contributed by atoms with E-state index in [0.717, 1.165) is 15.6 Å². The molecule has 0 unspecified atom stereocenters. The van der Waals surface area contributed by atoms with Crippen molar-refractivity contribution in [3.05, 3.63) is 70.6 Å². The number of rotatable bonds is 4. The van der Waals surface area contributed by atoms with Crippen LogP contribution < -0.4 is 10.6 Å². The van der Waals surface area contributed by atoms with Crippen LogP contribution in [0.3, 0.4) is 0 Å². The van der Waals surface area contributed by atoms with Gasteiger partial charge in [-0.3, -0.25) is 4.98 Å². The number of nitrogens with one attached hydrogen (secondary N) is 2. The number of hydrogen-bond acceptors (Lipinski definition) is 2. The van der Waals surface area contributed by atoms with E-state index in [1.165, 1.54) is 0 Å². The Balaban J connectivity index is 1.78.